The van der Waals surface area contributed by atoms with Crippen molar-refractivity contribution < 1.29 is 4.74 Å². The van der Waals surface area contributed by atoms with Crippen molar-refractivity contribution in [1.29, 1.82) is 5.26 Å². The molecule has 0 aromatic heterocycles. The minimum absolute atomic E-state index is 0.127. The molecule has 18 heavy (non-hydrogen) atoms. The molecule has 0 radical (unpaired) electrons. The fraction of sp³-hybridized carbons (Fsp3) is 0.929. The summed E-state index contributed by atoms with van der Waals surface area (Å²) in [7, 11) is 0. The van der Waals surface area contributed by atoms with E-state index in [9.17, 15) is 0 Å². The Hall–Kier alpha value is -0.240. The predicted octanol–water partition coefficient (Wildman–Crippen LogP) is 2.52. The highest BCUT2D eigenvalue weighted by atomic mass is 32.2. The molecule has 3 nitrogen and oxygen atoms in total. The second-order valence-electron chi connectivity index (χ2n) is 5.60. The van der Waals surface area contributed by atoms with Crippen LogP contribution in [0, 0.1) is 17.2 Å². The van der Waals surface area contributed by atoms with E-state index >= 15 is 0 Å². The standard InChI is InChI=1S/C14H24N2OS/c1-3-16(10-12(2)9-15)13-4-6-17-14(8-13)5-7-18-11-14/h12-13H,3-8,10-11H2,1-2H3. The van der Waals surface area contributed by atoms with Gasteiger partial charge in [0.05, 0.1) is 17.6 Å². The van der Waals surface area contributed by atoms with Crippen LogP contribution in [0.2, 0.25) is 0 Å². The molecule has 0 aromatic carbocycles. The molecule has 2 aliphatic rings. The largest absolute Gasteiger partial charge is 0.374 e. The number of hydrogen-bond donors (Lipinski definition) is 0. The van der Waals surface area contributed by atoms with Gasteiger partial charge in [0.2, 0.25) is 0 Å². The highest BCUT2D eigenvalue weighted by molar-refractivity contribution is 7.99. The Morgan fingerprint density at radius 2 is 2.44 bits per heavy atom. The summed E-state index contributed by atoms with van der Waals surface area (Å²) in [6.07, 6.45) is 3.49. The molecule has 3 unspecified atom stereocenters. The molecular weight excluding hydrogens is 244 g/mol. The number of nitriles is 1. The van der Waals surface area contributed by atoms with Crippen LogP contribution in [0.5, 0.6) is 0 Å². The first-order chi connectivity index (χ1) is 8.69. The SMILES string of the molecule is CCN(CC(C)C#N)C1CCOC2(CCSC2)C1. The Kier molecular flexibility index (Phi) is 4.94. The van der Waals surface area contributed by atoms with Crippen LogP contribution in [-0.4, -0.2) is 47.7 Å². The van der Waals surface area contributed by atoms with Crippen LogP contribution in [0.25, 0.3) is 0 Å². The lowest BCUT2D eigenvalue weighted by molar-refractivity contribution is -0.0897. The number of rotatable bonds is 4. The molecule has 0 aliphatic carbocycles. The molecule has 4 heteroatoms. The molecule has 0 bridgehead atoms. The topological polar surface area (TPSA) is 36.3 Å². The monoisotopic (exact) mass is 268 g/mol. The highest BCUT2D eigenvalue weighted by Gasteiger charge is 2.41. The van der Waals surface area contributed by atoms with Crippen molar-refractivity contribution in [3.8, 4) is 6.07 Å². The van der Waals surface area contributed by atoms with Gasteiger partial charge in [0, 0.05) is 24.9 Å². The maximum atomic E-state index is 8.98. The van der Waals surface area contributed by atoms with Gasteiger partial charge in [-0.15, -0.1) is 0 Å². The van der Waals surface area contributed by atoms with Gasteiger partial charge in [-0.25, -0.2) is 0 Å². The fourth-order valence-electron chi connectivity index (χ4n) is 3.11. The summed E-state index contributed by atoms with van der Waals surface area (Å²) in [5, 5.41) is 8.98. The molecule has 2 rings (SSSR count). The molecule has 2 fully saturated rings. The number of hydrogen-bond acceptors (Lipinski definition) is 4. The summed E-state index contributed by atoms with van der Waals surface area (Å²) in [5.41, 5.74) is 0.150. The summed E-state index contributed by atoms with van der Waals surface area (Å²) >= 11 is 2.02. The van der Waals surface area contributed by atoms with Gasteiger partial charge in [-0.2, -0.15) is 17.0 Å². The minimum atomic E-state index is 0.127. The average Bonchev–Trinajstić information content (AvgIpc) is 2.83. The van der Waals surface area contributed by atoms with E-state index in [0.29, 0.717) is 6.04 Å². The van der Waals surface area contributed by atoms with E-state index in [1.54, 1.807) is 0 Å². The Labute approximate surface area is 115 Å². The summed E-state index contributed by atoms with van der Waals surface area (Å²) in [6, 6.07) is 2.96. The quantitative estimate of drug-likeness (QED) is 0.785. The normalized spacial score (nSPS) is 33.8. The van der Waals surface area contributed by atoms with Crippen LogP contribution < -0.4 is 0 Å². The van der Waals surface area contributed by atoms with Gasteiger partial charge in [0.1, 0.15) is 0 Å². The van der Waals surface area contributed by atoms with E-state index in [4.69, 9.17) is 10.00 Å². The zero-order valence-corrected chi connectivity index (χ0v) is 12.3. The smallest absolute Gasteiger partial charge is 0.0795 e. The molecule has 2 saturated heterocycles. The van der Waals surface area contributed by atoms with Crippen molar-refractivity contribution >= 4 is 11.8 Å². The van der Waals surface area contributed by atoms with Crippen molar-refractivity contribution in [2.24, 2.45) is 5.92 Å². The molecule has 102 valence electrons. The molecule has 0 N–H and O–H groups in total. The summed E-state index contributed by atoms with van der Waals surface area (Å²) in [5.74, 6) is 2.53. The van der Waals surface area contributed by atoms with Crippen molar-refractivity contribution in [3.05, 3.63) is 0 Å². The predicted molar refractivity (Wildman–Crippen MR) is 75.7 cm³/mol. The van der Waals surface area contributed by atoms with Crippen LogP contribution in [0.15, 0.2) is 0 Å². The summed E-state index contributed by atoms with van der Waals surface area (Å²) in [4.78, 5) is 2.49. The van der Waals surface area contributed by atoms with Crippen LogP contribution >= 0.6 is 11.8 Å². The Balaban J connectivity index is 1.96. The average molecular weight is 268 g/mol. The molecular formula is C14H24N2OS. The van der Waals surface area contributed by atoms with Crippen LogP contribution in [0.1, 0.15) is 33.1 Å². The lowest BCUT2D eigenvalue weighted by Gasteiger charge is -2.42. The minimum Gasteiger partial charge on any atom is -0.374 e. The molecule has 0 aromatic rings. The molecule has 0 amide bonds. The number of nitrogens with zero attached hydrogens (tertiary/aromatic N) is 2. The van der Waals surface area contributed by atoms with E-state index in [2.05, 4.69) is 17.9 Å². The van der Waals surface area contributed by atoms with Crippen molar-refractivity contribution in [2.75, 3.05) is 31.2 Å². The Morgan fingerprint density at radius 1 is 1.61 bits per heavy atom. The van der Waals surface area contributed by atoms with Gasteiger partial charge in [0.15, 0.2) is 0 Å². The second kappa shape index (κ2) is 6.27. The van der Waals surface area contributed by atoms with Gasteiger partial charge in [-0.3, -0.25) is 4.90 Å². The third-order valence-corrected chi connectivity index (χ3v) is 5.41. The summed E-state index contributed by atoms with van der Waals surface area (Å²) < 4.78 is 6.07. The molecule has 3 atom stereocenters. The Morgan fingerprint density at radius 3 is 3.06 bits per heavy atom. The van der Waals surface area contributed by atoms with E-state index in [1.165, 1.54) is 12.2 Å². The zero-order chi connectivity index (χ0) is 13.0. The van der Waals surface area contributed by atoms with E-state index in [0.717, 1.165) is 38.3 Å². The van der Waals surface area contributed by atoms with Crippen LogP contribution in [0.4, 0.5) is 0 Å². The first-order valence-corrected chi connectivity index (χ1v) is 8.20. The van der Waals surface area contributed by atoms with Crippen LogP contribution in [0.3, 0.4) is 0 Å². The van der Waals surface area contributed by atoms with Gasteiger partial charge in [0.25, 0.3) is 0 Å². The molecule has 1 spiro atoms. The first kappa shape index (κ1) is 14.2. The molecule has 0 saturated carbocycles. The third kappa shape index (κ3) is 3.20. The van der Waals surface area contributed by atoms with Gasteiger partial charge >= 0.3 is 0 Å². The zero-order valence-electron chi connectivity index (χ0n) is 11.5. The Bertz CT molecular complexity index is 309. The van der Waals surface area contributed by atoms with Crippen molar-refractivity contribution in [1.82, 2.24) is 4.90 Å². The number of thioether (sulfide) groups is 1. The molecule has 2 aliphatic heterocycles. The van der Waals surface area contributed by atoms with E-state index in [1.807, 2.05) is 18.7 Å². The van der Waals surface area contributed by atoms with Gasteiger partial charge in [-0.05, 0) is 38.5 Å². The second-order valence-corrected chi connectivity index (χ2v) is 6.70. The van der Waals surface area contributed by atoms with E-state index < -0.39 is 0 Å². The summed E-state index contributed by atoms with van der Waals surface area (Å²) in [6.45, 7) is 7.06. The lowest BCUT2D eigenvalue weighted by atomic mass is 9.88. The third-order valence-electron chi connectivity index (χ3n) is 4.19. The molecule has 2 heterocycles. The van der Waals surface area contributed by atoms with E-state index in [-0.39, 0.29) is 11.5 Å². The lowest BCUT2D eigenvalue weighted by Crippen LogP contribution is -2.49. The first-order valence-electron chi connectivity index (χ1n) is 7.04. The highest BCUT2D eigenvalue weighted by Crippen LogP contribution is 2.39. The van der Waals surface area contributed by atoms with Crippen molar-refractivity contribution in [3.63, 3.8) is 0 Å². The maximum absolute atomic E-state index is 8.98. The maximum Gasteiger partial charge on any atom is 0.0795 e. The number of ether oxygens (including phenoxy) is 1. The van der Waals surface area contributed by atoms with Gasteiger partial charge < -0.3 is 4.74 Å². The van der Waals surface area contributed by atoms with Gasteiger partial charge in [-0.1, -0.05) is 6.92 Å². The van der Waals surface area contributed by atoms with Crippen LogP contribution in [-0.2, 0) is 4.74 Å². The van der Waals surface area contributed by atoms with Crippen molar-refractivity contribution in [2.45, 2.75) is 44.8 Å². The fourth-order valence-corrected chi connectivity index (χ4v) is 4.48.